The summed E-state index contributed by atoms with van der Waals surface area (Å²) in [6.07, 6.45) is -4.29. The molecule has 0 aliphatic carbocycles. The van der Waals surface area contributed by atoms with Gasteiger partial charge >= 0.3 is 6.18 Å². The molecular formula is C22H27ClF3N3. The van der Waals surface area contributed by atoms with Gasteiger partial charge in [0.2, 0.25) is 0 Å². The lowest BCUT2D eigenvalue weighted by Gasteiger charge is -2.35. The van der Waals surface area contributed by atoms with Gasteiger partial charge in [-0.1, -0.05) is 41.9 Å². The third-order valence-electron chi connectivity index (χ3n) is 5.40. The number of para-hydroxylation sites is 1. The van der Waals surface area contributed by atoms with E-state index in [4.69, 9.17) is 11.6 Å². The van der Waals surface area contributed by atoms with Gasteiger partial charge in [-0.15, -0.1) is 0 Å². The fraction of sp³-hybridized carbons (Fsp3) is 0.455. The summed E-state index contributed by atoms with van der Waals surface area (Å²) in [6, 6.07) is 14.6. The number of benzene rings is 2. The highest BCUT2D eigenvalue weighted by atomic mass is 35.5. The van der Waals surface area contributed by atoms with Crippen LogP contribution in [0.1, 0.15) is 11.1 Å². The van der Waals surface area contributed by atoms with Crippen molar-refractivity contribution in [3.8, 4) is 0 Å². The molecule has 1 saturated heterocycles. The molecule has 0 radical (unpaired) electrons. The topological polar surface area (TPSA) is 18.5 Å². The minimum Gasteiger partial charge on any atom is -0.369 e. The Balaban J connectivity index is 1.66. The first-order valence-electron chi connectivity index (χ1n) is 9.86. The van der Waals surface area contributed by atoms with Gasteiger partial charge in [0.15, 0.2) is 0 Å². The summed E-state index contributed by atoms with van der Waals surface area (Å²) in [5.41, 5.74) is 2.59. The summed E-state index contributed by atoms with van der Waals surface area (Å²) in [6.45, 7) is 3.75. The largest absolute Gasteiger partial charge is 0.393 e. The summed E-state index contributed by atoms with van der Waals surface area (Å²) in [7, 11) is 2.06. The van der Waals surface area contributed by atoms with Crippen LogP contribution in [0.15, 0.2) is 48.5 Å². The molecule has 0 bridgehead atoms. The molecule has 0 spiro atoms. The monoisotopic (exact) mass is 425 g/mol. The Hall–Kier alpha value is -1.76. The summed E-state index contributed by atoms with van der Waals surface area (Å²) >= 11 is 5.86. The van der Waals surface area contributed by atoms with E-state index in [-0.39, 0.29) is 13.0 Å². The SMILES string of the molecule is CN1CCN(c2ccccc2CC(CNCc2ccc(Cl)cc2)C(F)(F)F)CC1. The lowest BCUT2D eigenvalue weighted by atomic mass is 9.96. The molecular weight excluding hydrogens is 399 g/mol. The van der Waals surface area contributed by atoms with E-state index < -0.39 is 12.1 Å². The lowest BCUT2D eigenvalue weighted by Crippen LogP contribution is -2.45. The van der Waals surface area contributed by atoms with Gasteiger partial charge in [0.05, 0.1) is 5.92 Å². The molecule has 1 aliphatic rings. The number of nitrogens with one attached hydrogen (secondary N) is 1. The van der Waals surface area contributed by atoms with Gasteiger partial charge in [-0.05, 0) is 42.8 Å². The standard InChI is InChI=1S/C22H27ClF3N3/c1-28-10-12-29(13-11-28)21-5-3-2-4-18(21)14-19(22(24,25)26)16-27-15-17-6-8-20(23)9-7-17/h2-9,19,27H,10-16H2,1H3. The molecule has 158 valence electrons. The zero-order valence-electron chi connectivity index (χ0n) is 16.6. The molecule has 2 aromatic carbocycles. The molecule has 0 amide bonds. The predicted octanol–water partition coefficient (Wildman–Crippen LogP) is 4.60. The Morgan fingerprint density at radius 2 is 1.66 bits per heavy atom. The maximum atomic E-state index is 13.7. The number of hydrogen-bond donors (Lipinski definition) is 1. The minimum atomic E-state index is -4.26. The molecule has 0 aromatic heterocycles. The van der Waals surface area contributed by atoms with Gasteiger partial charge < -0.3 is 15.1 Å². The average molecular weight is 426 g/mol. The summed E-state index contributed by atoms with van der Waals surface area (Å²) in [5, 5.41) is 3.58. The van der Waals surface area contributed by atoms with Crippen LogP contribution in [-0.2, 0) is 13.0 Å². The first kappa shape index (κ1) is 21.9. The maximum absolute atomic E-state index is 13.7. The number of anilines is 1. The zero-order valence-corrected chi connectivity index (χ0v) is 17.3. The quantitative estimate of drug-likeness (QED) is 0.699. The van der Waals surface area contributed by atoms with Crippen molar-refractivity contribution >= 4 is 17.3 Å². The van der Waals surface area contributed by atoms with E-state index in [1.165, 1.54) is 0 Å². The number of nitrogens with zero attached hydrogens (tertiary/aromatic N) is 2. The van der Waals surface area contributed by atoms with Crippen molar-refractivity contribution in [2.75, 3.05) is 44.7 Å². The molecule has 1 atom stereocenters. The predicted molar refractivity (Wildman–Crippen MR) is 113 cm³/mol. The third-order valence-corrected chi connectivity index (χ3v) is 5.65. The van der Waals surface area contributed by atoms with Crippen LogP contribution < -0.4 is 10.2 Å². The fourth-order valence-electron chi connectivity index (χ4n) is 3.60. The van der Waals surface area contributed by atoms with E-state index in [2.05, 4.69) is 22.2 Å². The van der Waals surface area contributed by atoms with Crippen LogP contribution in [0.4, 0.5) is 18.9 Å². The van der Waals surface area contributed by atoms with Crippen molar-refractivity contribution in [2.24, 2.45) is 5.92 Å². The molecule has 1 fully saturated rings. The number of piperazine rings is 1. The second-order valence-electron chi connectivity index (χ2n) is 7.62. The third kappa shape index (κ3) is 6.36. The Labute approximate surface area is 175 Å². The Bertz CT molecular complexity index is 772. The Morgan fingerprint density at radius 3 is 2.31 bits per heavy atom. The van der Waals surface area contributed by atoms with E-state index in [1.54, 1.807) is 12.1 Å². The van der Waals surface area contributed by atoms with Crippen LogP contribution in [0.2, 0.25) is 5.02 Å². The number of hydrogen-bond acceptors (Lipinski definition) is 3. The van der Waals surface area contributed by atoms with E-state index in [1.807, 2.05) is 36.4 Å². The van der Waals surface area contributed by atoms with Crippen molar-refractivity contribution in [1.29, 1.82) is 0 Å². The Morgan fingerprint density at radius 1 is 1.00 bits per heavy atom. The first-order chi connectivity index (χ1) is 13.8. The van der Waals surface area contributed by atoms with E-state index >= 15 is 0 Å². The lowest BCUT2D eigenvalue weighted by molar-refractivity contribution is -0.173. The van der Waals surface area contributed by atoms with Gasteiger partial charge in [0.1, 0.15) is 0 Å². The highest BCUT2D eigenvalue weighted by Crippen LogP contribution is 2.32. The number of likely N-dealkylation sites (N-methyl/N-ethyl adjacent to an activating group) is 1. The highest BCUT2D eigenvalue weighted by molar-refractivity contribution is 6.30. The zero-order chi connectivity index (χ0) is 20.9. The molecule has 29 heavy (non-hydrogen) atoms. The average Bonchev–Trinajstić information content (AvgIpc) is 2.69. The van der Waals surface area contributed by atoms with Gasteiger partial charge in [-0.2, -0.15) is 13.2 Å². The molecule has 1 aliphatic heterocycles. The molecule has 3 rings (SSSR count). The van der Waals surface area contributed by atoms with Gasteiger partial charge in [0.25, 0.3) is 0 Å². The van der Waals surface area contributed by atoms with Gasteiger partial charge in [-0.25, -0.2) is 0 Å². The van der Waals surface area contributed by atoms with Crippen LogP contribution >= 0.6 is 11.6 Å². The van der Waals surface area contributed by atoms with Crippen LogP contribution in [-0.4, -0.2) is 50.8 Å². The minimum absolute atomic E-state index is 0.0281. The molecule has 7 heteroatoms. The molecule has 1 heterocycles. The number of alkyl halides is 3. The van der Waals surface area contributed by atoms with E-state index in [0.29, 0.717) is 11.6 Å². The van der Waals surface area contributed by atoms with Crippen LogP contribution in [0.3, 0.4) is 0 Å². The Kier molecular flexibility index (Phi) is 7.44. The second kappa shape index (κ2) is 9.83. The van der Waals surface area contributed by atoms with Crippen molar-refractivity contribution in [3.63, 3.8) is 0 Å². The highest BCUT2D eigenvalue weighted by Gasteiger charge is 2.39. The number of halogens is 4. The van der Waals surface area contributed by atoms with Crippen LogP contribution in [0, 0.1) is 5.92 Å². The molecule has 2 aromatic rings. The summed E-state index contributed by atoms with van der Waals surface area (Å²) < 4.78 is 41.2. The maximum Gasteiger partial charge on any atom is 0.393 e. The van der Waals surface area contributed by atoms with Crippen molar-refractivity contribution in [1.82, 2.24) is 10.2 Å². The normalized spacial score (nSPS) is 16.8. The van der Waals surface area contributed by atoms with Gasteiger partial charge in [-0.3, -0.25) is 0 Å². The molecule has 3 nitrogen and oxygen atoms in total. The van der Waals surface area contributed by atoms with Gasteiger partial charge in [0, 0.05) is 50.0 Å². The second-order valence-corrected chi connectivity index (χ2v) is 8.06. The summed E-state index contributed by atoms with van der Waals surface area (Å²) in [5.74, 6) is -1.44. The molecule has 0 saturated carbocycles. The van der Waals surface area contributed by atoms with Crippen molar-refractivity contribution in [2.45, 2.75) is 19.1 Å². The van der Waals surface area contributed by atoms with E-state index in [9.17, 15) is 13.2 Å². The van der Waals surface area contributed by atoms with Crippen molar-refractivity contribution in [3.05, 3.63) is 64.7 Å². The molecule has 1 unspecified atom stereocenters. The van der Waals surface area contributed by atoms with Crippen molar-refractivity contribution < 1.29 is 13.2 Å². The van der Waals surface area contributed by atoms with Crippen LogP contribution in [0.5, 0.6) is 0 Å². The van der Waals surface area contributed by atoms with E-state index in [0.717, 1.165) is 43.0 Å². The van der Waals surface area contributed by atoms with Crippen LogP contribution in [0.25, 0.3) is 0 Å². The first-order valence-corrected chi connectivity index (χ1v) is 10.2. The smallest absolute Gasteiger partial charge is 0.369 e. The summed E-state index contributed by atoms with van der Waals surface area (Å²) in [4.78, 5) is 4.43. The fourth-order valence-corrected chi connectivity index (χ4v) is 3.73. The number of rotatable bonds is 7. The molecule has 1 N–H and O–H groups in total.